The fourth-order valence-electron chi connectivity index (χ4n) is 0. The second kappa shape index (κ2) is 8.97. The van der Waals surface area contributed by atoms with Crippen LogP contribution in [0, 0.1) is 0 Å². The third-order valence-electron chi connectivity index (χ3n) is 0. The molecule has 0 radical (unpaired) electrons. The molecule has 0 aliphatic carbocycles. The van der Waals surface area contributed by atoms with Crippen molar-refractivity contribution in [2.45, 2.75) is 13.8 Å². The zero-order valence-corrected chi connectivity index (χ0v) is 4.36. The molecule has 2 nitrogen and oxygen atoms in total. The van der Waals surface area contributed by atoms with Gasteiger partial charge >= 0.3 is 18.9 Å². The van der Waals surface area contributed by atoms with Gasteiger partial charge < -0.3 is 10.3 Å². The van der Waals surface area contributed by atoms with Gasteiger partial charge in [0.15, 0.2) is 0 Å². The molecule has 0 spiro atoms. The first-order valence-corrected chi connectivity index (χ1v) is 1.20. The van der Waals surface area contributed by atoms with Crippen molar-refractivity contribution >= 4 is 5.78 Å². The van der Waals surface area contributed by atoms with E-state index in [1.165, 1.54) is 13.8 Å². The maximum absolute atomic E-state index is 9.44. The van der Waals surface area contributed by atoms with Crippen molar-refractivity contribution in [3.8, 4) is 0 Å². The molecule has 0 bridgehead atoms. The number of carbonyl (C=O) groups excluding carboxylic acids is 1. The third-order valence-corrected chi connectivity index (χ3v) is 0. The Morgan fingerprint density at radius 1 is 1.33 bits per heavy atom. The number of Topliss-reactive ketones (excluding diaryl/α,β-unsaturated/α-hetero) is 1. The molecule has 0 heterocycles. The summed E-state index contributed by atoms with van der Waals surface area (Å²) < 4.78 is 0. The summed E-state index contributed by atoms with van der Waals surface area (Å²) in [4.78, 5) is 9.44. The molecule has 0 atom stereocenters. The standard InChI is InChI=1S/C3H6O.Li.H2O/c1-3(2)4;;/h1-2H3;;1H2/q;+1;/p-1. The molecule has 0 aromatic carbocycles. The normalized spacial score (nSPS) is 4.33. The molecule has 0 saturated heterocycles. The number of carbonyl (C=O) groups is 1. The van der Waals surface area contributed by atoms with Crippen LogP contribution in [-0.4, -0.2) is 11.3 Å². The molecule has 0 saturated carbocycles. The van der Waals surface area contributed by atoms with Crippen LogP contribution in [0.5, 0.6) is 0 Å². The largest absolute Gasteiger partial charge is 1.00 e. The van der Waals surface area contributed by atoms with Crippen LogP contribution < -0.4 is 18.9 Å². The van der Waals surface area contributed by atoms with Gasteiger partial charge in [0.1, 0.15) is 5.78 Å². The second-order valence-electron chi connectivity index (χ2n) is 0.908. The summed E-state index contributed by atoms with van der Waals surface area (Å²) in [7, 11) is 0. The van der Waals surface area contributed by atoms with Gasteiger partial charge in [-0.25, -0.2) is 0 Å². The van der Waals surface area contributed by atoms with Crippen molar-refractivity contribution in [2.24, 2.45) is 0 Å². The first kappa shape index (κ1) is 16.3. The molecule has 32 valence electrons. The molecule has 0 aromatic rings. The van der Waals surface area contributed by atoms with Gasteiger partial charge in [-0.15, -0.1) is 0 Å². The average Bonchev–Trinajstić information content (AvgIpc) is 0.811. The topological polar surface area (TPSA) is 47.1 Å². The van der Waals surface area contributed by atoms with Crippen molar-refractivity contribution in [3.05, 3.63) is 0 Å². The van der Waals surface area contributed by atoms with Gasteiger partial charge in [-0.2, -0.15) is 0 Å². The molecule has 0 rings (SSSR count). The Morgan fingerprint density at radius 3 is 1.33 bits per heavy atom. The van der Waals surface area contributed by atoms with Crippen molar-refractivity contribution in [3.63, 3.8) is 0 Å². The Labute approximate surface area is 49.4 Å². The first-order chi connectivity index (χ1) is 1.73. The second-order valence-corrected chi connectivity index (χ2v) is 0.908. The Balaban J connectivity index is -0.0000000450. The van der Waals surface area contributed by atoms with Crippen LogP contribution in [0.2, 0.25) is 0 Å². The zero-order chi connectivity index (χ0) is 3.58. The molecule has 3 heteroatoms. The smallest absolute Gasteiger partial charge is 0.870 e. The monoisotopic (exact) mass is 82.1 g/mol. The summed E-state index contributed by atoms with van der Waals surface area (Å²) in [5, 5.41) is 0. The van der Waals surface area contributed by atoms with E-state index in [0.29, 0.717) is 0 Å². The predicted octanol–water partition coefficient (Wildman–Crippen LogP) is -2.58. The van der Waals surface area contributed by atoms with Crippen molar-refractivity contribution in [1.82, 2.24) is 0 Å². The van der Waals surface area contributed by atoms with Gasteiger partial charge in [0.25, 0.3) is 0 Å². The van der Waals surface area contributed by atoms with Crippen LogP contribution in [0.25, 0.3) is 0 Å². The molecule has 6 heavy (non-hydrogen) atoms. The molecule has 0 amide bonds. The van der Waals surface area contributed by atoms with Crippen LogP contribution in [0.1, 0.15) is 13.8 Å². The van der Waals surface area contributed by atoms with E-state index in [-0.39, 0.29) is 30.1 Å². The van der Waals surface area contributed by atoms with E-state index in [1.54, 1.807) is 0 Å². The summed E-state index contributed by atoms with van der Waals surface area (Å²) in [6.07, 6.45) is 0. The Hall–Kier alpha value is 0.227. The maximum Gasteiger partial charge on any atom is 1.00 e. The van der Waals surface area contributed by atoms with E-state index >= 15 is 0 Å². The molecule has 0 fully saturated rings. The SMILES string of the molecule is CC(C)=O.[Li+].[OH-]. The molecule has 0 unspecified atom stereocenters. The van der Waals surface area contributed by atoms with E-state index in [2.05, 4.69) is 0 Å². The summed E-state index contributed by atoms with van der Waals surface area (Å²) in [6, 6.07) is 0. The number of hydrogen-bond donors (Lipinski definition) is 0. The van der Waals surface area contributed by atoms with Crippen LogP contribution in [0.4, 0.5) is 0 Å². The third kappa shape index (κ3) is 852. The van der Waals surface area contributed by atoms with Crippen LogP contribution in [0.3, 0.4) is 0 Å². The summed E-state index contributed by atoms with van der Waals surface area (Å²) in [5.74, 6) is 0.167. The van der Waals surface area contributed by atoms with Gasteiger partial charge in [-0.1, -0.05) is 0 Å². The molecule has 0 aliphatic rings. The average molecular weight is 82.0 g/mol. The van der Waals surface area contributed by atoms with E-state index in [4.69, 9.17) is 0 Å². The van der Waals surface area contributed by atoms with E-state index in [0.717, 1.165) is 0 Å². The number of ketones is 1. The minimum atomic E-state index is 0. The van der Waals surface area contributed by atoms with Crippen LogP contribution >= 0.6 is 0 Å². The molecule has 0 aromatic heterocycles. The Kier molecular flexibility index (Phi) is 24.4. The predicted molar refractivity (Wildman–Crippen MR) is 18.3 cm³/mol. The maximum atomic E-state index is 9.44. The van der Waals surface area contributed by atoms with E-state index in [1.807, 2.05) is 0 Å². The van der Waals surface area contributed by atoms with Crippen molar-refractivity contribution in [2.75, 3.05) is 0 Å². The first-order valence-electron chi connectivity index (χ1n) is 1.20. The van der Waals surface area contributed by atoms with Crippen molar-refractivity contribution in [1.29, 1.82) is 0 Å². The van der Waals surface area contributed by atoms with Gasteiger partial charge in [0.2, 0.25) is 0 Å². The molecule has 1 N–H and O–H groups in total. The van der Waals surface area contributed by atoms with E-state index < -0.39 is 0 Å². The minimum absolute atomic E-state index is 0. The zero-order valence-electron chi connectivity index (χ0n) is 4.36. The van der Waals surface area contributed by atoms with Gasteiger partial charge in [0.05, 0.1) is 0 Å². The Morgan fingerprint density at radius 2 is 1.33 bits per heavy atom. The van der Waals surface area contributed by atoms with Crippen LogP contribution in [0.15, 0.2) is 0 Å². The van der Waals surface area contributed by atoms with Gasteiger partial charge in [-0.05, 0) is 13.8 Å². The fraction of sp³-hybridized carbons (Fsp3) is 0.667. The quantitative estimate of drug-likeness (QED) is 0.301. The van der Waals surface area contributed by atoms with Crippen LogP contribution in [-0.2, 0) is 4.79 Å². The van der Waals surface area contributed by atoms with Gasteiger partial charge in [0, 0.05) is 0 Å². The molecular weight excluding hydrogens is 75.0 g/mol. The Bertz CT molecular complexity index is 31.8. The molecule has 0 aliphatic heterocycles. The van der Waals surface area contributed by atoms with Crippen molar-refractivity contribution < 1.29 is 29.1 Å². The fourth-order valence-corrected chi connectivity index (χ4v) is 0. The molecular formula is C3H7LiO2. The van der Waals surface area contributed by atoms with E-state index in [9.17, 15) is 4.79 Å². The summed E-state index contributed by atoms with van der Waals surface area (Å²) in [6.45, 7) is 3.06. The minimum Gasteiger partial charge on any atom is -0.870 e. The number of rotatable bonds is 0. The summed E-state index contributed by atoms with van der Waals surface area (Å²) in [5.41, 5.74) is 0. The summed E-state index contributed by atoms with van der Waals surface area (Å²) >= 11 is 0. The van der Waals surface area contributed by atoms with Gasteiger partial charge in [-0.3, -0.25) is 0 Å². The number of hydrogen-bond acceptors (Lipinski definition) is 2.